The summed E-state index contributed by atoms with van der Waals surface area (Å²) in [7, 11) is 0. The van der Waals surface area contributed by atoms with Crippen molar-refractivity contribution in [2.24, 2.45) is 0 Å². The molecule has 6 nitrogen and oxygen atoms in total. The van der Waals surface area contributed by atoms with Crippen molar-refractivity contribution < 1.29 is 19.1 Å². The fourth-order valence-corrected chi connectivity index (χ4v) is 0.898. The van der Waals surface area contributed by atoms with Gasteiger partial charge in [-0.05, 0) is 0 Å². The Balaban J connectivity index is 3.23. The molecule has 0 aromatic carbocycles. The first-order valence-corrected chi connectivity index (χ1v) is 5.25. The number of amides is 2. The number of carbonyl (C=O) groups excluding carboxylic acids is 3. The molecule has 0 unspecified atom stereocenters. The van der Waals surface area contributed by atoms with Gasteiger partial charge in [-0.1, -0.05) is 6.92 Å². The van der Waals surface area contributed by atoms with Crippen LogP contribution in [-0.2, 0) is 19.1 Å². The summed E-state index contributed by atoms with van der Waals surface area (Å²) in [6, 6.07) is 0. The highest BCUT2D eigenvalue weighted by atomic mass is 16.5. The van der Waals surface area contributed by atoms with Gasteiger partial charge < -0.3 is 20.2 Å². The van der Waals surface area contributed by atoms with E-state index in [-0.39, 0.29) is 31.4 Å². The molecule has 0 aliphatic rings. The van der Waals surface area contributed by atoms with Crippen LogP contribution in [0.25, 0.3) is 0 Å². The molecule has 16 heavy (non-hydrogen) atoms. The molecular weight excluding hydrogens is 212 g/mol. The average Bonchev–Trinajstić information content (AvgIpc) is 2.30. The first kappa shape index (κ1) is 14.6. The molecule has 0 bridgehead atoms. The molecule has 0 aliphatic heterocycles. The monoisotopic (exact) mass is 230 g/mol. The van der Waals surface area contributed by atoms with Gasteiger partial charge in [0.15, 0.2) is 0 Å². The van der Waals surface area contributed by atoms with Crippen LogP contribution in [-0.4, -0.2) is 44.4 Å². The van der Waals surface area contributed by atoms with Crippen LogP contribution in [0.1, 0.15) is 19.8 Å². The summed E-state index contributed by atoms with van der Waals surface area (Å²) in [5, 5.41) is 5.04. The summed E-state index contributed by atoms with van der Waals surface area (Å²) in [6.07, 6.45) is 1.29. The topological polar surface area (TPSA) is 84.5 Å². The van der Waals surface area contributed by atoms with Crippen LogP contribution in [0.4, 0.5) is 0 Å². The van der Waals surface area contributed by atoms with Crippen molar-refractivity contribution in [2.75, 3.05) is 26.3 Å². The van der Waals surface area contributed by atoms with Crippen LogP contribution >= 0.6 is 0 Å². The second kappa shape index (κ2) is 10.1. The normalized spacial score (nSPS) is 9.56. The number of hydrogen-bond acceptors (Lipinski definition) is 4. The molecular formula is C10H18N2O4. The Hall–Kier alpha value is -1.43. The van der Waals surface area contributed by atoms with Crippen LogP contribution in [0.2, 0.25) is 0 Å². The van der Waals surface area contributed by atoms with E-state index < -0.39 is 0 Å². The third-order valence-corrected chi connectivity index (χ3v) is 1.75. The number of nitrogens with one attached hydrogen (secondary N) is 2. The highest BCUT2D eigenvalue weighted by Gasteiger charge is 2.00. The summed E-state index contributed by atoms with van der Waals surface area (Å²) in [4.78, 5) is 31.7. The van der Waals surface area contributed by atoms with Gasteiger partial charge in [0.2, 0.25) is 11.8 Å². The van der Waals surface area contributed by atoms with Gasteiger partial charge in [-0.25, -0.2) is 0 Å². The van der Waals surface area contributed by atoms with Gasteiger partial charge in [-0.3, -0.25) is 9.59 Å². The summed E-state index contributed by atoms with van der Waals surface area (Å²) in [6.45, 7) is 2.92. The predicted octanol–water partition coefficient (Wildman–Crippen LogP) is -0.766. The number of rotatable bonds is 9. The summed E-state index contributed by atoms with van der Waals surface area (Å²) >= 11 is 0. The predicted molar refractivity (Wildman–Crippen MR) is 57.8 cm³/mol. The molecule has 92 valence electrons. The van der Waals surface area contributed by atoms with Crippen molar-refractivity contribution in [1.29, 1.82) is 0 Å². The number of hydrogen-bond donors (Lipinski definition) is 2. The minimum atomic E-state index is -0.218. The molecule has 0 aliphatic carbocycles. The second-order valence-corrected chi connectivity index (χ2v) is 3.04. The van der Waals surface area contributed by atoms with Crippen molar-refractivity contribution in [1.82, 2.24) is 10.6 Å². The quantitative estimate of drug-likeness (QED) is 0.402. The molecule has 0 spiro atoms. The minimum absolute atomic E-state index is 0.0210. The SMILES string of the molecule is CCC(=O)NCCOCCC(=O)NCC=O. The van der Waals surface area contributed by atoms with Gasteiger partial charge in [0.1, 0.15) is 6.29 Å². The van der Waals surface area contributed by atoms with Crippen molar-refractivity contribution in [2.45, 2.75) is 19.8 Å². The lowest BCUT2D eigenvalue weighted by molar-refractivity contribution is -0.124. The van der Waals surface area contributed by atoms with Gasteiger partial charge in [0.05, 0.1) is 19.8 Å². The zero-order valence-electron chi connectivity index (χ0n) is 9.45. The van der Waals surface area contributed by atoms with Gasteiger partial charge in [0.25, 0.3) is 0 Å². The molecule has 0 heterocycles. The van der Waals surface area contributed by atoms with E-state index >= 15 is 0 Å². The number of aldehydes is 1. The van der Waals surface area contributed by atoms with Gasteiger partial charge in [0, 0.05) is 19.4 Å². The summed E-state index contributed by atoms with van der Waals surface area (Å²) in [5.41, 5.74) is 0. The fourth-order valence-electron chi connectivity index (χ4n) is 0.898. The lowest BCUT2D eigenvalue weighted by atomic mass is 10.4. The minimum Gasteiger partial charge on any atom is -0.379 e. The zero-order valence-corrected chi connectivity index (χ0v) is 9.45. The largest absolute Gasteiger partial charge is 0.379 e. The van der Waals surface area contributed by atoms with Crippen LogP contribution in [0.5, 0.6) is 0 Å². The second-order valence-electron chi connectivity index (χ2n) is 3.04. The van der Waals surface area contributed by atoms with E-state index in [1.165, 1.54) is 0 Å². The van der Waals surface area contributed by atoms with E-state index in [0.29, 0.717) is 25.9 Å². The van der Waals surface area contributed by atoms with E-state index in [9.17, 15) is 14.4 Å². The Kier molecular flexibility index (Phi) is 9.20. The highest BCUT2D eigenvalue weighted by molar-refractivity contribution is 5.78. The maximum atomic E-state index is 11.0. The van der Waals surface area contributed by atoms with Crippen LogP contribution in [0.3, 0.4) is 0 Å². The molecule has 0 atom stereocenters. The Morgan fingerprint density at radius 2 is 1.94 bits per heavy atom. The first-order chi connectivity index (χ1) is 7.70. The Morgan fingerprint density at radius 3 is 2.56 bits per heavy atom. The first-order valence-electron chi connectivity index (χ1n) is 5.25. The van der Waals surface area contributed by atoms with Crippen molar-refractivity contribution in [3.05, 3.63) is 0 Å². The standard InChI is InChI=1S/C10H18N2O4/c1-2-9(14)12-5-8-16-7-3-10(15)11-4-6-13/h6H,2-5,7-8H2,1H3,(H,11,15)(H,12,14). The third-order valence-electron chi connectivity index (χ3n) is 1.75. The maximum absolute atomic E-state index is 11.0. The molecule has 2 N–H and O–H groups in total. The summed E-state index contributed by atoms with van der Waals surface area (Å²) in [5.74, 6) is -0.239. The molecule has 0 fully saturated rings. The van der Waals surface area contributed by atoms with E-state index in [1.807, 2.05) is 0 Å². The lowest BCUT2D eigenvalue weighted by Crippen LogP contribution is -2.28. The maximum Gasteiger partial charge on any atom is 0.222 e. The molecule has 0 aromatic rings. The molecule has 0 saturated heterocycles. The van der Waals surface area contributed by atoms with E-state index in [0.717, 1.165) is 0 Å². The molecule has 0 rings (SSSR count). The van der Waals surface area contributed by atoms with Crippen molar-refractivity contribution >= 4 is 18.1 Å². The average molecular weight is 230 g/mol. The molecule has 0 radical (unpaired) electrons. The Bertz CT molecular complexity index is 231. The van der Waals surface area contributed by atoms with Crippen LogP contribution in [0, 0.1) is 0 Å². The van der Waals surface area contributed by atoms with Gasteiger partial charge in [-0.15, -0.1) is 0 Å². The van der Waals surface area contributed by atoms with Crippen molar-refractivity contribution in [3.63, 3.8) is 0 Å². The van der Waals surface area contributed by atoms with E-state index in [2.05, 4.69) is 10.6 Å². The molecule has 0 aromatic heterocycles. The van der Waals surface area contributed by atoms with Gasteiger partial charge in [-0.2, -0.15) is 0 Å². The Morgan fingerprint density at radius 1 is 1.19 bits per heavy atom. The van der Waals surface area contributed by atoms with Crippen LogP contribution in [0.15, 0.2) is 0 Å². The Labute approximate surface area is 94.7 Å². The van der Waals surface area contributed by atoms with Crippen molar-refractivity contribution in [3.8, 4) is 0 Å². The number of carbonyl (C=O) groups is 3. The zero-order chi connectivity index (χ0) is 12.2. The summed E-state index contributed by atoms with van der Waals surface area (Å²) < 4.78 is 5.12. The van der Waals surface area contributed by atoms with Gasteiger partial charge >= 0.3 is 0 Å². The molecule has 6 heteroatoms. The molecule has 0 saturated carbocycles. The smallest absolute Gasteiger partial charge is 0.222 e. The third kappa shape index (κ3) is 9.14. The molecule has 2 amide bonds. The lowest BCUT2D eigenvalue weighted by Gasteiger charge is -2.05. The fraction of sp³-hybridized carbons (Fsp3) is 0.700. The van der Waals surface area contributed by atoms with E-state index in [4.69, 9.17) is 4.74 Å². The van der Waals surface area contributed by atoms with E-state index in [1.54, 1.807) is 6.92 Å². The highest BCUT2D eigenvalue weighted by Crippen LogP contribution is 1.83. The van der Waals surface area contributed by atoms with Crippen LogP contribution < -0.4 is 10.6 Å². The number of ether oxygens (including phenoxy) is 1.